The molecular formula is C22H22FN3O6S. The Kier molecular flexibility index (Phi) is 7.63. The maximum atomic E-state index is 14.2. The van der Waals surface area contributed by atoms with Gasteiger partial charge in [0.05, 0.1) is 30.9 Å². The van der Waals surface area contributed by atoms with Crippen LogP contribution in [0.25, 0.3) is 0 Å². The van der Waals surface area contributed by atoms with Crippen molar-refractivity contribution in [3.63, 3.8) is 0 Å². The van der Waals surface area contributed by atoms with Gasteiger partial charge in [-0.1, -0.05) is 12.1 Å². The van der Waals surface area contributed by atoms with Crippen molar-refractivity contribution in [2.75, 3.05) is 25.2 Å². The topological polar surface area (TPSA) is 126 Å². The molecular weight excluding hydrogens is 453 g/mol. The summed E-state index contributed by atoms with van der Waals surface area (Å²) in [5, 5.41) is 8.84. The summed E-state index contributed by atoms with van der Waals surface area (Å²) in [6.07, 6.45) is 1.41. The van der Waals surface area contributed by atoms with E-state index in [9.17, 15) is 22.4 Å². The van der Waals surface area contributed by atoms with Crippen molar-refractivity contribution in [1.82, 2.24) is 4.72 Å². The summed E-state index contributed by atoms with van der Waals surface area (Å²) in [6.45, 7) is -0.821. The number of esters is 1. The molecule has 1 aliphatic rings. The summed E-state index contributed by atoms with van der Waals surface area (Å²) >= 11 is 0. The number of amides is 1. The van der Waals surface area contributed by atoms with E-state index in [0.29, 0.717) is 0 Å². The third kappa shape index (κ3) is 6.06. The molecule has 33 heavy (non-hydrogen) atoms. The van der Waals surface area contributed by atoms with Crippen molar-refractivity contribution in [3.8, 4) is 11.8 Å². The van der Waals surface area contributed by atoms with E-state index in [-0.39, 0.29) is 40.9 Å². The highest BCUT2D eigenvalue weighted by Gasteiger charge is 2.30. The number of benzene rings is 2. The number of nitrogens with one attached hydrogen (secondary N) is 1. The molecule has 0 spiro atoms. The van der Waals surface area contributed by atoms with Gasteiger partial charge >= 0.3 is 5.97 Å². The van der Waals surface area contributed by atoms with Crippen molar-refractivity contribution in [2.24, 2.45) is 0 Å². The number of halogens is 1. The Morgan fingerprint density at radius 3 is 2.61 bits per heavy atom. The molecule has 2 aromatic rings. The highest BCUT2D eigenvalue weighted by atomic mass is 32.2. The van der Waals surface area contributed by atoms with Gasteiger partial charge in [-0.15, -0.1) is 0 Å². The first-order valence-electron chi connectivity index (χ1n) is 10.1. The van der Waals surface area contributed by atoms with Crippen molar-refractivity contribution in [1.29, 1.82) is 5.26 Å². The molecule has 1 fully saturated rings. The van der Waals surface area contributed by atoms with Gasteiger partial charge in [-0.05, 0) is 43.2 Å². The number of carbonyl (C=O) groups is 2. The number of nitriles is 1. The Morgan fingerprint density at radius 2 is 1.97 bits per heavy atom. The van der Waals surface area contributed by atoms with Crippen LogP contribution in [-0.4, -0.2) is 46.6 Å². The second-order valence-electron chi connectivity index (χ2n) is 7.24. The van der Waals surface area contributed by atoms with Crippen LogP contribution >= 0.6 is 0 Å². The lowest BCUT2D eigenvalue weighted by molar-refractivity contribution is -0.121. The molecule has 0 aliphatic heterocycles. The summed E-state index contributed by atoms with van der Waals surface area (Å²) in [7, 11) is -2.62. The lowest BCUT2D eigenvalue weighted by Crippen LogP contribution is -2.36. The quantitative estimate of drug-likeness (QED) is 0.523. The third-order valence-electron chi connectivity index (χ3n) is 4.81. The Hall–Kier alpha value is -3.49. The van der Waals surface area contributed by atoms with Gasteiger partial charge in [0.25, 0.3) is 5.91 Å². The molecule has 174 valence electrons. The number of hydrogen-bond acceptors (Lipinski definition) is 7. The fourth-order valence-corrected chi connectivity index (χ4v) is 4.50. The largest absolute Gasteiger partial charge is 0.495 e. The van der Waals surface area contributed by atoms with Gasteiger partial charge in [-0.2, -0.15) is 5.26 Å². The highest BCUT2D eigenvalue weighted by Crippen LogP contribution is 2.28. The molecule has 1 N–H and O–H groups in total. The molecule has 1 amide bonds. The molecule has 3 rings (SSSR count). The lowest BCUT2D eigenvalue weighted by Gasteiger charge is -2.22. The molecule has 2 aromatic carbocycles. The first-order chi connectivity index (χ1) is 15.8. The normalized spacial score (nSPS) is 13.1. The van der Waals surface area contributed by atoms with E-state index in [4.69, 9.17) is 14.7 Å². The summed E-state index contributed by atoms with van der Waals surface area (Å²) in [6, 6.07) is 11.0. The molecule has 0 radical (unpaired) electrons. The molecule has 0 heterocycles. The maximum absolute atomic E-state index is 14.2. The fraction of sp³-hybridized carbons (Fsp3) is 0.318. The van der Waals surface area contributed by atoms with E-state index in [1.165, 1.54) is 43.5 Å². The number of sulfonamides is 1. The van der Waals surface area contributed by atoms with Gasteiger partial charge in [0.1, 0.15) is 16.5 Å². The monoisotopic (exact) mass is 475 g/mol. The minimum absolute atomic E-state index is 0.0437. The van der Waals surface area contributed by atoms with E-state index < -0.39 is 34.3 Å². The average Bonchev–Trinajstić information content (AvgIpc) is 3.61. The number of para-hydroxylation sites is 1. The van der Waals surface area contributed by atoms with E-state index in [1.807, 2.05) is 6.07 Å². The first kappa shape index (κ1) is 24.2. The SMILES string of the molecule is COc1ccc(C(=O)OCC(=O)N(CCC#N)c2ccccc2F)cc1S(=O)(=O)NC1CC1. The highest BCUT2D eigenvalue weighted by molar-refractivity contribution is 7.89. The van der Waals surface area contributed by atoms with Gasteiger partial charge < -0.3 is 14.4 Å². The minimum atomic E-state index is -3.92. The second-order valence-corrected chi connectivity index (χ2v) is 8.92. The van der Waals surface area contributed by atoms with Crippen LogP contribution in [0.5, 0.6) is 5.75 Å². The van der Waals surface area contributed by atoms with E-state index >= 15 is 0 Å². The van der Waals surface area contributed by atoms with Crippen LogP contribution in [0, 0.1) is 17.1 Å². The molecule has 0 bridgehead atoms. The Labute approximate surface area is 190 Å². The smallest absolute Gasteiger partial charge is 0.338 e. The molecule has 0 saturated heterocycles. The summed E-state index contributed by atoms with van der Waals surface area (Å²) in [4.78, 5) is 26.0. The molecule has 11 heteroatoms. The Morgan fingerprint density at radius 1 is 1.24 bits per heavy atom. The summed E-state index contributed by atoms with van der Waals surface area (Å²) in [5.41, 5.74) is -0.146. The van der Waals surface area contributed by atoms with E-state index in [0.717, 1.165) is 23.8 Å². The molecule has 0 aromatic heterocycles. The van der Waals surface area contributed by atoms with Gasteiger partial charge in [0.2, 0.25) is 10.0 Å². The zero-order valence-electron chi connectivity index (χ0n) is 17.8. The number of rotatable bonds is 10. The zero-order valence-corrected chi connectivity index (χ0v) is 18.6. The van der Waals surface area contributed by atoms with E-state index in [1.54, 1.807) is 0 Å². The van der Waals surface area contributed by atoms with Gasteiger partial charge in [-0.3, -0.25) is 4.79 Å². The van der Waals surface area contributed by atoms with Crippen LogP contribution in [0.3, 0.4) is 0 Å². The van der Waals surface area contributed by atoms with Crippen LogP contribution in [-0.2, 0) is 19.6 Å². The van der Waals surface area contributed by atoms with Crippen molar-refractivity contribution >= 4 is 27.6 Å². The van der Waals surface area contributed by atoms with Crippen LogP contribution in [0.4, 0.5) is 10.1 Å². The third-order valence-corrected chi connectivity index (χ3v) is 6.35. The fourth-order valence-electron chi connectivity index (χ4n) is 3.00. The Balaban J connectivity index is 1.75. The summed E-state index contributed by atoms with van der Waals surface area (Å²) < 4.78 is 52.1. The van der Waals surface area contributed by atoms with Gasteiger partial charge in [0.15, 0.2) is 6.61 Å². The van der Waals surface area contributed by atoms with Crippen molar-refractivity contribution in [3.05, 3.63) is 53.8 Å². The van der Waals surface area contributed by atoms with Crippen LogP contribution in [0.1, 0.15) is 29.6 Å². The number of carbonyl (C=O) groups excluding carboxylic acids is 2. The number of anilines is 1. The minimum Gasteiger partial charge on any atom is -0.495 e. The standard InChI is InChI=1S/C22H22FN3O6S/c1-31-19-10-7-15(13-20(19)33(29,30)25-16-8-9-16)22(28)32-14-21(27)26(12-4-11-24)18-6-3-2-5-17(18)23/h2-3,5-7,10,13,16,25H,4,8-9,12,14H2,1H3. The van der Waals surface area contributed by atoms with E-state index in [2.05, 4.69) is 4.72 Å². The predicted octanol–water partition coefficient (Wildman–Crippen LogP) is 2.38. The van der Waals surface area contributed by atoms with Gasteiger partial charge in [-0.25, -0.2) is 22.3 Å². The molecule has 0 unspecified atom stereocenters. The second kappa shape index (κ2) is 10.4. The van der Waals surface area contributed by atoms with Crippen LogP contribution < -0.4 is 14.4 Å². The number of ether oxygens (including phenoxy) is 2. The van der Waals surface area contributed by atoms with Crippen LogP contribution in [0.2, 0.25) is 0 Å². The number of nitrogens with zero attached hydrogens (tertiary/aromatic N) is 2. The Bertz CT molecular complexity index is 1190. The molecule has 0 atom stereocenters. The molecule has 1 aliphatic carbocycles. The maximum Gasteiger partial charge on any atom is 0.338 e. The predicted molar refractivity (Wildman–Crippen MR) is 116 cm³/mol. The summed E-state index contributed by atoms with van der Waals surface area (Å²) in [5.74, 6) is -2.29. The number of methoxy groups -OCH3 is 1. The van der Waals surface area contributed by atoms with Crippen molar-refractivity contribution < 1.29 is 31.9 Å². The lowest BCUT2D eigenvalue weighted by atomic mass is 10.2. The molecule has 1 saturated carbocycles. The first-order valence-corrected chi connectivity index (χ1v) is 11.5. The molecule has 9 nitrogen and oxygen atoms in total. The average molecular weight is 475 g/mol. The zero-order chi connectivity index (χ0) is 24.0. The number of hydrogen-bond donors (Lipinski definition) is 1. The van der Waals surface area contributed by atoms with Crippen LogP contribution in [0.15, 0.2) is 47.4 Å². The van der Waals surface area contributed by atoms with Crippen molar-refractivity contribution in [2.45, 2.75) is 30.2 Å². The van der Waals surface area contributed by atoms with Gasteiger partial charge in [0, 0.05) is 12.6 Å².